The number of guanidine groups is 1. The van der Waals surface area contributed by atoms with Crippen LogP contribution in [0.2, 0.25) is 0 Å². The van der Waals surface area contributed by atoms with Crippen molar-refractivity contribution in [3.8, 4) is 0 Å². The van der Waals surface area contributed by atoms with Gasteiger partial charge >= 0.3 is 17.8 Å². The lowest BCUT2D eigenvalue weighted by Gasteiger charge is -2.14. The number of alkyl halides is 3. The SMILES string of the molecule is N=C(N)NCCC[C@H](NC(=O)c1ccccc1)C(=O)O.NC(=O)c1ccc2c(C(F)(F)F)cc(=O)oc2c1. The van der Waals surface area contributed by atoms with Crippen LogP contribution in [0.25, 0.3) is 11.0 Å². The number of carbonyl (C=O) groups is 3. The van der Waals surface area contributed by atoms with E-state index in [1.165, 1.54) is 0 Å². The molecule has 2 aromatic carbocycles. The molecule has 202 valence electrons. The number of benzene rings is 2. The van der Waals surface area contributed by atoms with Gasteiger partial charge in [0.1, 0.15) is 11.6 Å². The van der Waals surface area contributed by atoms with Crippen LogP contribution in [-0.4, -0.2) is 41.4 Å². The summed E-state index contributed by atoms with van der Waals surface area (Å²) in [4.78, 5) is 44.9. The Kier molecular flexibility index (Phi) is 9.96. The Morgan fingerprint density at radius 2 is 1.68 bits per heavy atom. The molecule has 0 fully saturated rings. The van der Waals surface area contributed by atoms with Crippen LogP contribution in [0.4, 0.5) is 13.2 Å². The van der Waals surface area contributed by atoms with Crippen molar-refractivity contribution in [2.24, 2.45) is 11.5 Å². The quantitative estimate of drug-likeness (QED) is 0.109. The van der Waals surface area contributed by atoms with Gasteiger partial charge in [-0.15, -0.1) is 0 Å². The summed E-state index contributed by atoms with van der Waals surface area (Å²) in [6, 6.07) is 11.0. The van der Waals surface area contributed by atoms with E-state index in [1.54, 1.807) is 30.3 Å². The minimum Gasteiger partial charge on any atom is -0.480 e. The van der Waals surface area contributed by atoms with E-state index in [0.717, 1.165) is 18.2 Å². The van der Waals surface area contributed by atoms with E-state index in [1.807, 2.05) is 0 Å². The lowest BCUT2D eigenvalue weighted by Crippen LogP contribution is -2.41. The zero-order chi connectivity index (χ0) is 28.5. The van der Waals surface area contributed by atoms with Gasteiger partial charge in [-0.25, -0.2) is 9.59 Å². The van der Waals surface area contributed by atoms with Crippen molar-refractivity contribution in [3.05, 3.63) is 81.7 Å². The molecule has 0 unspecified atom stereocenters. The first-order valence-corrected chi connectivity index (χ1v) is 10.9. The van der Waals surface area contributed by atoms with Crippen LogP contribution < -0.4 is 27.7 Å². The summed E-state index contributed by atoms with van der Waals surface area (Å²) in [5, 5.41) is 20.8. The van der Waals surface area contributed by atoms with Crippen LogP contribution in [-0.2, 0) is 11.0 Å². The van der Waals surface area contributed by atoms with Gasteiger partial charge in [-0.05, 0) is 43.2 Å². The first kappa shape index (κ1) is 29.4. The van der Waals surface area contributed by atoms with E-state index in [-0.39, 0.29) is 28.9 Å². The summed E-state index contributed by atoms with van der Waals surface area (Å²) >= 11 is 0. The third-order valence-electron chi connectivity index (χ3n) is 4.96. The number of aliphatic carboxylic acids is 1. The number of hydrogen-bond acceptors (Lipinski definition) is 6. The molecular formula is C24H24F3N5O6. The molecule has 3 aromatic rings. The largest absolute Gasteiger partial charge is 0.480 e. The maximum absolute atomic E-state index is 12.7. The second-order valence-electron chi connectivity index (χ2n) is 7.77. The Morgan fingerprint density at radius 3 is 2.24 bits per heavy atom. The fourth-order valence-electron chi connectivity index (χ4n) is 3.17. The molecule has 3 rings (SSSR count). The van der Waals surface area contributed by atoms with E-state index in [0.29, 0.717) is 24.6 Å². The van der Waals surface area contributed by atoms with Gasteiger partial charge in [0.2, 0.25) is 5.91 Å². The number of nitrogens with two attached hydrogens (primary N) is 2. The number of carbonyl (C=O) groups excluding carboxylic acids is 2. The highest BCUT2D eigenvalue weighted by Gasteiger charge is 2.33. The summed E-state index contributed by atoms with van der Waals surface area (Å²) in [5.74, 6) is -2.49. The van der Waals surface area contributed by atoms with Crippen LogP contribution in [0.1, 0.15) is 39.1 Å². The standard InChI is InChI=1S/C13H18N4O3.C11H6F3NO3/c14-13(15)16-8-4-7-10(12(19)20)17-11(18)9-5-2-1-3-6-9;12-11(13,14)7-4-9(16)18-8-3-5(10(15)17)1-2-6(7)8/h1-3,5-6,10H,4,7-8H2,(H,17,18)(H,19,20)(H4,14,15,16);1-4H,(H2,15,17)/t10-;/m0./s1. The zero-order valence-corrected chi connectivity index (χ0v) is 19.7. The Balaban J connectivity index is 0.000000268. The summed E-state index contributed by atoms with van der Waals surface area (Å²) in [6.07, 6.45) is -3.94. The van der Waals surface area contributed by atoms with Gasteiger partial charge in [0.15, 0.2) is 5.96 Å². The Labute approximate surface area is 213 Å². The molecule has 1 heterocycles. The Bertz CT molecular complexity index is 1380. The van der Waals surface area contributed by atoms with Crippen LogP contribution in [0.15, 0.2) is 63.8 Å². The highest BCUT2D eigenvalue weighted by molar-refractivity contribution is 5.97. The number of amides is 2. The van der Waals surface area contributed by atoms with Crippen LogP contribution in [0.5, 0.6) is 0 Å². The third-order valence-corrected chi connectivity index (χ3v) is 4.96. The summed E-state index contributed by atoms with van der Waals surface area (Å²) in [5.41, 5.74) is 7.90. The number of halogens is 3. The molecule has 0 saturated carbocycles. The summed E-state index contributed by atoms with van der Waals surface area (Å²) in [7, 11) is 0. The van der Waals surface area contributed by atoms with Crippen molar-refractivity contribution in [2.45, 2.75) is 25.1 Å². The van der Waals surface area contributed by atoms with Crippen molar-refractivity contribution in [3.63, 3.8) is 0 Å². The molecule has 38 heavy (non-hydrogen) atoms. The smallest absolute Gasteiger partial charge is 0.417 e. The number of carboxylic acids is 1. The maximum atomic E-state index is 12.7. The van der Waals surface area contributed by atoms with Crippen molar-refractivity contribution in [1.29, 1.82) is 5.41 Å². The van der Waals surface area contributed by atoms with Crippen molar-refractivity contribution in [1.82, 2.24) is 10.6 Å². The molecule has 0 radical (unpaired) electrons. The normalized spacial score (nSPS) is 11.6. The Morgan fingerprint density at radius 1 is 1.03 bits per heavy atom. The molecule has 1 aromatic heterocycles. The molecule has 0 bridgehead atoms. The predicted octanol–water partition coefficient (Wildman–Crippen LogP) is 2.04. The number of carboxylic acid groups (broad SMARTS) is 1. The molecule has 0 spiro atoms. The lowest BCUT2D eigenvalue weighted by molar-refractivity contribution is -0.139. The van der Waals surface area contributed by atoms with Crippen molar-refractivity contribution < 1.29 is 37.1 Å². The summed E-state index contributed by atoms with van der Waals surface area (Å²) in [6.45, 7) is 0.389. The molecule has 0 aliphatic carbocycles. The average molecular weight is 535 g/mol. The number of fused-ring (bicyclic) bond motifs is 1. The first-order valence-electron chi connectivity index (χ1n) is 10.9. The molecular weight excluding hydrogens is 511 g/mol. The number of primary amides is 1. The highest BCUT2D eigenvalue weighted by atomic mass is 19.4. The topological polar surface area (TPSA) is 202 Å². The van der Waals surface area contributed by atoms with Gasteiger partial charge in [-0.2, -0.15) is 13.2 Å². The molecule has 2 amide bonds. The molecule has 0 saturated heterocycles. The molecule has 0 aliphatic heterocycles. The molecule has 8 N–H and O–H groups in total. The second kappa shape index (κ2) is 12.9. The monoisotopic (exact) mass is 535 g/mol. The van der Waals surface area contributed by atoms with Gasteiger partial charge < -0.3 is 31.6 Å². The third kappa shape index (κ3) is 8.65. The van der Waals surface area contributed by atoms with Crippen molar-refractivity contribution in [2.75, 3.05) is 6.54 Å². The van der Waals surface area contributed by atoms with Crippen LogP contribution >= 0.6 is 0 Å². The lowest BCUT2D eigenvalue weighted by atomic mass is 10.1. The van der Waals surface area contributed by atoms with Crippen LogP contribution in [0, 0.1) is 5.41 Å². The summed E-state index contributed by atoms with van der Waals surface area (Å²) < 4.78 is 42.7. The molecule has 1 atom stereocenters. The Hall–Kier alpha value is -4.88. The van der Waals surface area contributed by atoms with E-state index in [4.69, 9.17) is 22.0 Å². The minimum atomic E-state index is -4.68. The fraction of sp³-hybridized carbons (Fsp3) is 0.208. The number of hydrogen-bond donors (Lipinski definition) is 6. The minimum absolute atomic E-state index is 0.0371. The average Bonchev–Trinajstić information content (AvgIpc) is 2.84. The molecule has 0 aliphatic rings. The number of rotatable bonds is 8. The van der Waals surface area contributed by atoms with Gasteiger partial charge in [0, 0.05) is 29.1 Å². The molecule has 14 heteroatoms. The van der Waals surface area contributed by atoms with Gasteiger partial charge in [0.25, 0.3) is 5.91 Å². The van der Waals surface area contributed by atoms with Gasteiger partial charge in [0.05, 0.1) is 5.56 Å². The van der Waals surface area contributed by atoms with Crippen molar-refractivity contribution >= 4 is 34.7 Å². The van der Waals surface area contributed by atoms with Gasteiger partial charge in [-0.3, -0.25) is 15.0 Å². The van der Waals surface area contributed by atoms with Crippen LogP contribution in [0.3, 0.4) is 0 Å². The first-order chi connectivity index (χ1) is 17.8. The highest BCUT2D eigenvalue weighted by Crippen LogP contribution is 2.33. The van der Waals surface area contributed by atoms with E-state index >= 15 is 0 Å². The van der Waals surface area contributed by atoms with E-state index < -0.39 is 41.2 Å². The van der Waals surface area contributed by atoms with E-state index in [9.17, 15) is 32.3 Å². The van der Waals surface area contributed by atoms with Gasteiger partial charge in [-0.1, -0.05) is 18.2 Å². The molecule has 11 nitrogen and oxygen atoms in total. The second-order valence-corrected chi connectivity index (χ2v) is 7.77. The zero-order valence-electron chi connectivity index (χ0n) is 19.7. The predicted molar refractivity (Wildman–Crippen MR) is 130 cm³/mol. The number of nitrogens with one attached hydrogen (secondary N) is 3. The van der Waals surface area contributed by atoms with E-state index in [2.05, 4.69) is 15.1 Å². The fourth-order valence-corrected chi connectivity index (χ4v) is 3.17. The maximum Gasteiger partial charge on any atom is 0.417 e.